The lowest BCUT2D eigenvalue weighted by atomic mass is 10.1. The van der Waals surface area contributed by atoms with Crippen molar-refractivity contribution < 1.29 is 4.79 Å². The van der Waals surface area contributed by atoms with Gasteiger partial charge in [0.15, 0.2) is 0 Å². The summed E-state index contributed by atoms with van der Waals surface area (Å²) in [6.45, 7) is 1.94. The number of carbonyl (C=O) groups excluding carboxylic acids is 1. The number of fused-ring (bicyclic) bond motifs is 1. The van der Waals surface area contributed by atoms with E-state index < -0.39 is 0 Å². The van der Waals surface area contributed by atoms with Crippen LogP contribution >= 0.6 is 11.8 Å². The van der Waals surface area contributed by atoms with Crippen LogP contribution < -0.4 is 5.32 Å². The van der Waals surface area contributed by atoms with Crippen molar-refractivity contribution in [1.82, 2.24) is 4.98 Å². The van der Waals surface area contributed by atoms with E-state index in [0.717, 1.165) is 21.4 Å². The number of para-hydroxylation sites is 1. The molecule has 0 radical (unpaired) electrons. The Balaban J connectivity index is 1.89. The molecule has 3 rings (SSSR count). The first-order chi connectivity index (χ1) is 10.7. The van der Waals surface area contributed by atoms with Crippen molar-refractivity contribution in [2.45, 2.75) is 11.8 Å². The third kappa shape index (κ3) is 2.97. The van der Waals surface area contributed by atoms with Crippen LogP contribution in [0.2, 0.25) is 0 Å². The van der Waals surface area contributed by atoms with Crippen LogP contribution in [-0.4, -0.2) is 17.1 Å². The summed E-state index contributed by atoms with van der Waals surface area (Å²) >= 11 is 1.62. The molecule has 0 saturated heterocycles. The van der Waals surface area contributed by atoms with Crippen molar-refractivity contribution in [3.05, 3.63) is 65.9 Å². The highest BCUT2D eigenvalue weighted by atomic mass is 32.2. The van der Waals surface area contributed by atoms with Crippen molar-refractivity contribution in [3.8, 4) is 0 Å². The van der Waals surface area contributed by atoms with Crippen LogP contribution in [0, 0.1) is 6.92 Å². The molecule has 0 aliphatic rings. The van der Waals surface area contributed by atoms with Crippen molar-refractivity contribution >= 4 is 34.3 Å². The van der Waals surface area contributed by atoms with Gasteiger partial charge in [0.05, 0.1) is 17.4 Å². The maximum Gasteiger partial charge on any atom is 0.256 e. The predicted molar refractivity (Wildman–Crippen MR) is 92.7 cm³/mol. The Morgan fingerprint density at radius 1 is 1.14 bits per heavy atom. The van der Waals surface area contributed by atoms with Crippen molar-refractivity contribution in [1.29, 1.82) is 0 Å². The van der Waals surface area contributed by atoms with E-state index in [0.29, 0.717) is 11.3 Å². The number of amides is 1. The molecule has 110 valence electrons. The molecule has 0 bridgehead atoms. The lowest BCUT2D eigenvalue weighted by Crippen LogP contribution is -2.13. The summed E-state index contributed by atoms with van der Waals surface area (Å²) in [5, 5.41) is 3.94. The maximum atomic E-state index is 12.5. The van der Waals surface area contributed by atoms with E-state index in [1.54, 1.807) is 18.0 Å². The molecule has 1 amide bonds. The van der Waals surface area contributed by atoms with Gasteiger partial charge in [0.25, 0.3) is 5.91 Å². The molecule has 0 fully saturated rings. The minimum absolute atomic E-state index is 0.106. The first-order valence-electron chi connectivity index (χ1n) is 6.98. The van der Waals surface area contributed by atoms with Crippen LogP contribution in [0.3, 0.4) is 0 Å². The van der Waals surface area contributed by atoms with Gasteiger partial charge >= 0.3 is 0 Å². The number of hydrogen-bond acceptors (Lipinski definition) is 3. The van der Waals surface area contributed by atoms with Crippen LogP contribution in [-0.2, 0) is 0 Å². The zero-order valence-corrected chi connectivity index (χ0v) is 13.3. The van der Waals surface area contributed by atoms with Gasteiger partial charge < -0.3 is 5.32 Å². The molecule has 2 aromatic carbocycles. The summed E-state index contributed by atoms with van der Waals surface area (Å²) in [5.74, 6) is -0.106. The highest BCUT2D eigenvalue weighted by Gasteiger charge is 2.10. The SMILES string of the molecule is CSc1ccc(C)c(C(=O)Nc2cnc3ccccc3c2)c1. The molecule has 3 aromatic rings. The fraction of sp³-hybridized carbons (Fsp3) is 0.111. The monoisotopic (exact) mass is 308 g/mol. The van der Waals surface area contributed by atoms with E-state index in [1.807, 2.05) is 61.7 Å². The predicted octanol–water partition coefficient (Wildman–Crippen LogP) is 4.52. The van der Waals surface area contributed by atoms with E-state index in [1.165, 1.54) is 0 Å². The van der Waals surface area contributed by atoms with Gasteiger partial charge in [-0.3, -0.25) is 9.78 Å². The summed E-state index contributed by atoms with van der Waals surface area (Å²) in [4.78, 5) is 17.9. The number of anilines is 1. The standard InChI is InChI=1S/C18H16N2OS/c1-12-7-8-15(22-2)10-16(12)18(21)20-14-9-13-5-3-4-6-17(13)19-11-14/h3-11H,1-2H3,(H,20,21). The van der Waals surface area contributed by atoms with Gasteiger partial charge in [-0.15, -0.1) is 11.8 Å². The van der Waals surface area contributed by atoms with Crippen molar-refractivity contribution in [2.75, 3.05) is 11.6 Å². The summed E-state index contributed by atoms with van der Waals surface area (Å²) < 4.78 is 0. The molecule has 0 saturated carbocycles. The molecule has 0 unspecified atom stereocenters. The highest BCUT2D eigenvalue weighted by Crippen LogP contribution is 2.21. The Hall–Kier alpha value is -2.33. The van der Waals surface area contributed by atoms with Gasteiger partial charge in [-0.2, -0.15) is 0 Å². The number of pyridine rings is 1. The second kappa shape index (κ2) is 6.20. The molecule has 3 nitrogen and oxygen atoms in total. The van der Waals surface area contributed by atoms with E-state index in [9.17, 15) is 4.79 Å². The van der Waals surface area contributed by atoms with Gasteiger partial charge in [0.2, 0.25) is 0 Å². The van der Waals surface area contributed by atoms with Gasteiger partial charge in [0, 0.05) is 15.8 Å². The van der Waals surface area contributed by atoms with Crippen LogP contribution in [0.15, 0.2) is 59.6 Å². The number of benzene rings is 2. The maximum absolute atomic E-state index is 12.5. The second-order valence-electron chi connectivity index (χ2n) is 5.05. The first kappa shape index (κ1) is 14.6. The number of rotatable bonds is 3. The van der Waals surface area contributed by atoms with Gasteiger partial charge in [0.1, 0.15) is 0 Å². The molecule has 0 spiro atoms. The number of nitrogens with zero attached hydrogens (tertiary/aromatic N) is 1. The third-order valence-electron chi connectivity index (χ3n) is 3.54. The number of hydrogen-bond donors (Lipinski definition) is 1. The van der Waals surface area contributed by atoms with E-state index in [2.05, 4.69) is 10.3 Å². The first-order valence-corrected chi connectivity index (χ1v) is 8.20. The molecule has 1 aromatic heterocycles. The Kier molecular flexibility index (Phi) is 4.11. The van der Waals surface area contributed by atoms with Gasteiger partial charge in [-0.25, -0.2) is 0 Å². The number of thioether (sulfide) groups is 1. The summed E-state index contributed by atoms with van der Waals surface area (Å²) in [7, 11) is 0. The molecule has 0 aliphatic carbocycles. The topological polar surface area (TPSA) is 42.0 Å². The minimum Gasteiger partial charge on any atom is -0.321 e. The molecule has 1 N–H and O–H groups in total. The average Bonchev–Trinajstić information content (AvgIpc) is 2.55. The van der Waals surface area contributed by atoms with Gasteiger partial charge in [-0.1, -0.05) is 24.3 Å². The quantitative estimate of drug-likeness (QED) is 0.723. The van der Waals surface area contributed by atoms with Crippen LogP contribution in [0.25, 0.3) is 10.9 Å². The Morgan fingerprint density at radius 2 is 1.95 bits per heavy atom. The summed E-state index contributed by atoms with van der Waals surface area (Å²) in [6, 6.07) is 15.7. The Bertz CT molecular complexity index is 845. The Morgan fingerprint density at radius 3 is 2.77 bits per heavy atom. The van der Waals surface area contributed by atoms with E-state index >= 15 is 0 Å². The Labute approximate surface area is 133 Å². The van der Waals surface area contributed by atoms with Crippen LogP contribution in [0.4, 0.5) is 5.69 Å². The minimum atomic E-state index is -0.106. The molecular formula is C18H16N2OS. The van der Waals surface area contributed by atoms with Gasteiger partial charge in [-0.05, 0) is 43.0 Å². The van der Waals surface area contributed by atoms with Crippen LogP contribution in [0.1, 0.15) is 15.9 Å². The average molecular weight is 308 g/mol. The third-order valence-corrected chi connectivity index (χ3v) is 4.26. The lowest BCUT2D eigenvalue weighted by molar-refractivity contribution is 0.102. The number of aromatic nitrogens is 1. The summed E-state index contributed by atoms with van der Waals surface area (Å²) in [6.07, 6.45) is 3.69. The molecular weight excluding hydrogens is 292 g/mol. The highest BCUT2D eigenvalue weighted by molar-refractivity contribution is 7.98. The number of nitrogens with one attached hydrogen (secondary N) is 1. The molecule has 4 heteroatoms. The van der Waals surface area contributed by atoms with Crippen LogP contribution in [0.5, 0.6) is 0 Å². The normalized spacial score (nSPS) is 10.6. The smallest absolute Gasteiger partial charge is 0.256 e. The molecule has 1 heterocycles. The summed E-state index contributed by atoms with van der Waals surface area (Å²) in [5.41, 5.74) is 3.28. The van der Waals surface area contributed by atoms with E-state index in [-0.39, 0.29) is 5.91 Å². The number of carbonyl (C=O) groups is 1. The fourth-order valence-corrected chi connectivity index (χ4v) is 2.75. The molecule has 0 aliphatic heterocycles. The van der Waals surface area contributed by atoms with Crippen molar-refractivity contribution in [2.24, 2.45) is 0 Å². The lowest BCUT2D eigenvalue weighted by Gasteiger charge is -2.09. The molecule has 22 heavy (non-hydrogen) atoms. The molecule has 0 atom stereocenters. The van der Waals surface area contributed by atoms with Crippen molar-refractivity contribution in [3.63, 3.8) is 0 Å². The second-order valence-corrected chi connectivity index (χ2v) is 5.93. The largest absolute Gasteiger partial charge is 0.321 e. The zero-order chi connectivity index (χ0) is 15.5. The number of aryl methyl sites for hydroxylation is 1. The fourth-order valence-electron chi connectivity index (χ4n) is 2.31. The van der Waals surface area contributed by atoms with E-state index in [4.69, 9.17) is 0 Å². The zero-order valence-electron chi connectivity index (χ0n) is 12.5.